The van der Waals surface area contributed by atoms with E-state index in [0.717, 1.165) is 30.4 Å². The van der Waals surface area contributed by atoms with Crippen molar-refractivity contribution in [2.45, 2.75) is 72.3 Å². The zero-order valence-corrected chi connectivity index (χ0v) is 21.1. The molecule has 1 atom stereocenters. The van der Waals surface area contributed by atoms with Gasteiger partial charge in [0, 0.05) is 35.1 Å². The van der Waals surface area contributed by atoms with E-state index in [1.807, 2.05) is 0 Å². The number of nitrogens with zero attached hydrogens (tertiary/aromatic N) is 1. The molecule has 0 radical (unpaired) electrons. The Balaban J connectivity index is 1.56. The van der Waals surface area contributed by atoms with E-state index in [1.165, 1.54) is 47.0 Å². The van der Waals surface area contributed by atoms with Crippen molar-refractivity contribution in [3.8, 4) is 0 Å². The van der Waals surface area contributed by atoms with Crippen LogP contribution in [0.5, 0.6) is 0 Å². The highest BCUT2D eigenvalue weighted by molar-refractivity contribution is 5.98. The molecule has 0 saturated carbocycles. The Morgan fingerprint density at radius 3 is 2.30 bits per heavy atom. The third kappa shape index (κ3) is 5.95. The Bertz CT molecular complexity index is 1080. The molecule has 1 aliphatic heterocycles. The number of likely N-dealkylation sites (N-methyl/N-ethyl adjacent to an activating group) is 1. The molecule has 1 unspecified atom stereocenters. The summed E-state index contributed by atoms with van der Waals surface area (Å²) in [5.41, 5.74) is 7.08. The number of aromatic amines is 1. The number of Topliss-reactive ketones (excluding diaryl/α,β-unsaturated/α-hetero) is 1. The topological polar surface area (TPSA) is 36.1 Å². The van der Waals surface area contributed by atoms with E-state index in [9.17, 15) is 4.79 Å². The van der Waals surface area contributed by atoms with Crippen molar-refractivity contribution in [2.24, 2.45) is 11.8 Å². The number of likely N-dealkylation sites (tertiary alicyclic amines) is 1. The number of H-pyrrole nitrogens is 1. The number of benzene rings is 2. The van der Waals surface area contributed by atoms with E-state index in [0.29, 0.717) is 24.3 Å². The second-order valence-electron chi connectivity index (χ2n) is 11.0. The minimum absolute atomic E-state index is 0.220. The molecule has 0 amide bonds. The Kier molecular flexibility index (Phi) is 7.38. The van der Waals surface area contributed by atoms with Gasteiger partial charge in [-0.3, -0.25) is 4.79 Å². The van der Waals surface area contributed by atoms with Crippen LogP contribution in [-0.4, -0.2) is 35.3 Å². The van der Waals surface area contributed by atoms with Gasteiger partial charge in [0.15, 0.2) is 5.78 Å². The van der Waals surface area contributed by atoms with Crippen molar-refractivity contribution < 1.29 is 4.79 Å². The summed E-state index contributed by atoms with van der Waals surface area (Å²) in [5, 5.41) is 1.27. The van der Waals surface area contributed by atoms with E-state index < -0.39 is 0 Å². The lowest BCUT2D eigenvalue weighted by atomic mass is 9.92. The van der Waals surface area contributed by atoms with Gasteiger partial charge in [-0.25, -0.2) is 0 Å². The summed E-state index contributed by atoms with van der Waals surface area (Å²) in [6, 6.07) is 13.7. The van der Waals surface area contributed by atoms with Gasteiger partial charge in [-0.2, -0.15) is 0 Å². The van der Waals surface area contributed by atoms with Crippen LogP contribution in [0.15, 0.2) is 42.6 Å². The Morgan fingerprint density at radius 2 is 1.70 bits per heavy atom. The highest BCUT2D eigenvalue weighted by atomic mass is 16.1. The minimum atomic E-state index is 0.220. The number of ketones is 1. The van der Waals surface area contributed by atoms with Crippen LogP contribution in [0.1, 0.15) is 73.1 Å². The fourth-order valence-corrected chi connectivity index (χ4v) is 5.38. The number of hydrogen-bond donors (Lipinski definition) is 1. The lowest BCUT2D eigenvalue weighted by Gasteiger charge is -2.18. The average Bonchev–Trinajstić information content (AvgIpc) is 3.33. The van der Waals surface area contributed by atoms with Crippen LogP contribution in [0.2, 0.25) is 0 Å². The molecule has 1 fully saturated rings. The average molecular weight is 445 g/mol. The SMILES string of the molecule is CC(C)Cc1cc(CC(C)C)cc(C(=O)Cc2ccc3[nH]cc(CC4CCCN4C)c3c2)c1. The fraction of sp³-hybridized carbons (Fsp3) is 0.500. The number of fused-ring (bicyclic) bond motifs is 1. The van der Waals surface area contributed by atoms with Crippen LogP contribution < -0.4 is 0 Å². The summed E-state index contributed by atoms with van der Waals surface area (Å²) in [7, 11) is 2.23. The summed E-state index contributed by atoms with van der Waals surface area (Å²) in [5.74, 6) is 1.38. The van der Waals surface area contributed by atoms with Crippen LogP contribution in [-0.2, 0) is 25.7 Å². The fourth-order valence-electron chi connectivity index (χ4n) is 5.38. The second-order valence-corrected chi connectivity index (χ2v) is 11.0. The van der Waals surface area contributed by atoms with Crippen LogP contribution in [0.3, 0.4) is 0 Å². The number of hydrogen-bond acceptors (Lipinski definition) is 2. The molecule has 0 spiro atoms. The highest BCUT2D eigenvalue weighted by Gasteiger charge is 2.22. The van der Waals surface area contributed by atoms with Gasteiger partial charge in [-0.05, 0) is 104 Å². The molecular weight excluding hydrogens is 404 g/mol. The minimum Gasteiger partial charge on any atom is -0.361 e. The van der Waals surface area contributed by atoms with Crippen LogP contribution >= 0.6 is 0 Å². The molecule has 3 heteroatoms. The normalized spacial score (nSPS) is 17.0. The predicted octanol–water partition coefficient (Wildman–Crippen LogP) is 6.63. The first-order valence-electron chi connectivity index (χ1n) is 12.7. The molecule has 2 aromatic carbocycles. The molecule has 3 nitrogen and oxygen atoms in total. The van der Waals surface area contributed by atoms with Crippen LogP contribution in [0.4, 0.5) is 0 Å². The summed E-state index contributed by atoms with van der Waals surface area (Å²) in [4.78, 5) is 19.3. The summed E-state index contributed by atoms with van der Waals surface area (Å²) >= 11 is 0. The molecule has 3 aromatic rings. The van der Waals surface area contributed by atoms with Gasteiger partial charge in [0.2, 0.25) is 0 Å². The molecule has 1 N–H and O–H groups in total. The van der Waals surface area contributed by atoms with Gasteiger partial charge < -0.3 is 9.88 Å². The number of carbonyl (C=O) groups excluding carboxylic acids is 1. The Morgan fingerprint density at radius 1 is 1.00 bits per heavy atom. The van der Waals surface area contributed by atoms with E-state index >= 15 is 0 Å². The third-order valence-electron chi connectivity index (χ3n) is 6.99. The van der Waals surface area contributed by atoms with Crippen LogP contribution in [0.25, 0.3) is 10.9 Å². The maximum Gasteiger partial charge on any atom is 0.167 e. The molecule has 176 valence electrons. The maximum atomic E-state index is 13.4. The predicted molar refractivity (Wildman–Crippen MR) is 139 cm³/mol. The van der Waals surface area contributed by atoms with Crippen molar-refractivity contribution in [1.82, 2.24) is 9.88 Å². The standard InChI is InChI=1S/C30H40N2O/c1-20(2)11-23-13-24(12-21(3)4)15-25(14-23)30(33)17-22-8-9-29-28(16-22)26(19-31-29)18-27-7-6-10-32(27)5/h8-9,13-16,19-21,27,31H,6-7,10-12,17-18H2,1-5H3. The smallest absolute Gasteiger partial charge is 0.167 e. The zero-order chi connectivity index (χ0) is 23.5. The van der Waals surface area contributed by atoms with Gasteiger partial charge in [-0.1, -0.05) is 39.8 Å². The first-order valence-corrected chi connectivity index (χ1v) is 12.7. The van der Waals surface area contributed by atoms with Gasteiger partial charge >= 0.3 is 0 Å². The molecular formula is C30H40N2O. The lowest BCUT2D eigenvalue weighted by Crippen LogP contribution is -2.26. The summed E-state index contributed by atoms with van der Waals surface area (Å²) < 4.78 is 0. The molecule has 1 saturated heterocycles. The molecule has 0 aliphatic carbocycles. The highest BCUT2D eigenvalue weighted by Crippen LogP contribution is 2.26. The van der Waals surface area contributed by atoms with Crippen molar-refractivity contribution >= 4 is 16.7 Å². The van der Waals surface area contributed by atoms with E-state index in [1.54, 1.807) is 0 Å². The zero-order valence-electron chi connectivity index (χ0n) is 21.1. The monoisotopic (exact) mass is 444 g/mol. The second kappa shape index (κ2) is 10.3. The summed E-state index contributed by atoms with van der Waals surface area (Å²) in [6.45, 7) is 10.2. The molecule has 1 aliphatic rings. The molecule has 33 heavy (non-hydrogen) atoms. The number of carbonyl (C=O) groups is 1. The number of nitrogens with one attached hydrogen (secondary N) is 1. The van der Waals surface area contributed by atoms with Gasteiger partial charge in [0.05, 0.1) is 0 Å². The van der Waals surface area contributed by atoms with E-state index in [4.69, 9.17) is 0 Å². The van der Waals surface area contributed by atoms with Gasteiger partial charge in [0.25, 0.3) is 0 Å². The quantitative estimate of drug-likeness (QED) is 0.376. The van der Waals surface area contributed by atoms with E-state index in [-0.39, 0.29) is 5.78 Å². The van der Waals surface area contributed by atoms with Gasteiger partial charge in [-0.15, -0.1) is 0 Å². The summed E-state index contributed by atoms with van der Waals surface area (Å²) in [6.07, 6.45) is 8.28. The van der Waals surface area contributed by atoms with E-state index in [2.05, 4.69) is 87.2 Å². The van der Waals surface area contributed by atoms with Crippen molar-refractivity contribution in [3.05, 3.63) is 70.4 Å². The number of aromatic nitrogens is 1. The van der Waals surface area contributed by atoms with Gasteiger partial charge in [0.1, 0.15) is 0 Å². The first-order chi connectivity index (χ1) is 15.8. The van der Waals surface area contributed by atoms with Crippen molar-refractivity contribution in [3.63, 3.8) is 0 Å². The Labute approximate surface area is 199 Å². The molecule has 4 rings (SSSR count). The molecule has 1 aromatic heterocycles. The molecule has 2 heterocycles. The lowest BCUT2D eigenvalue weighted by molar-refractivity contribution is 0.0992. The first kappa shape index (κ1) is 23.8. The molecule has 0 bridgehead atoms. The maximum absolute atomic E-state index is 13.4. The Hall–Kier alpha value is -2.39. The van der Waals surface area contributed by atoms with Crippen molar-refractivity contribution in [1.29, 1.82) is 0 Å². The van der Waals surface area contributed by atoms with Crippen molar-refractivity contribution in [2.75, 3.05) is 13.6 Å². The number of rotatable bonds is 9. The van der Waals surface area contributed by atoms with Crippen LogP contribution in [0, 0.1) is 11.8 Å². The third-order valence-corrected chi connectivity index (χ3v) is 6.99. The largest absolute Gasteiger partial charge is 0.361 e.